The summed E-state index contributed by atoms with van der Waals surface area (Å²) in [5.74, 6) is 1.04. The molecular formula is C10H15BrN2. The van der Waals surface area contributed by atoms with Crippen molar-refractivity contribution in [3.8, 4) is 0 Å². The Morgan fingerprint density at radius 1 is 1.38 bits per heavy atom. The highest BCUT2D eigenvalue weighted by molar-refractivity contribution is 9.10. The van der Waals surface area contributed by atoms with Gasteiger partial charge in [0.25, 0.3) is 0 Å². The van der Waals surface area contributed by atoms with Crippen LogP contribution in [0.5, 0.6) is 0 Å². The van der Waals surface area contributed by atoms with E-state index in [0.717, 1.165) is 23.4 Å². The number of hydrogen-bond donors (Lipinski definition) is 0. The van der Waals surface area contributed by atoms with Gasteiger partial charge >= 0.3 is 0 Å². The second-order valence-electron chi connectivity index (χ2n) is 2.99. The van der Waals surface area contributed by atoms with Gasteiger partial charge in [0.1, 0.15) is 5.82 Å². The monoisotopic (exact) mass is 242 g/mol. The Balaban J connectivity index is 2.99. The third kappa shape index (κ3) is 2.44. The number of anilines is 1. The molecule has 0 unspecified atom stereocenters. The van der Waals surface area contributed by atoms with Gasteiger partial charge in [-0.1, -0.05) is 0 Å². The maximum absolute atomic E-state index is 4.40. The van der Waals surface area contributed by atoms with Crippen LogP contribution in [0.15, 0.2) is 16.7 Å². The van der Waals surface area contributed by atoms with E-state index in [9.17, 15) is 0 Å². The van der Waals surface area contributed by atoms with Gasteiger partial charge in [0, 0.05) is 19.3 Å². The van der Waals surface area contributed by atoms with Crippen LogP contribution in [0.4, 0.5) is 5.82 Å². The van der Waals surface area contributed by atoms with Crippen LogP contribution in [0.3, 0.4) is 0 Å². The minimum atomic E-state index is 0.991. The van der Waals surface area contributed by atoms with Crippen molar-refractivity contribution in [1.82, 2.24) is 4.98 Å². The first-order chi connectivity index (χ1) is 6.19. The molecule has 1 aromatic heterocycles. The number of aryl methyl sites for hydroxylation is 1. The quantitative estimate of drug-likeness (QED) is 0.811. The predicted molar refractivity (Wildman–Crippen MR) is 60.2 cm³/mol. The lowest BCUT2D eigenvalue weighted by Crippen LogP contribution is -2.23. The Morgan fingerprint density at radius 2 is 2.00 bits per heavy atom. The summed E-state index contributed by atoms with van der Waals surface area (Å²) < 4.78 is 1.08. The second kappa shape index (κ2) is 4.61. The molecular weight excluding hydrogens is 228 g/mol. The molecule has 0 N–H and O–H groups in total. The standard InChI is InChI=1S/C10H15BrN2/c1-4-13(5-2)10-9(11)6-8(3)7-12-10/h6-7H,4-5H2,1-3H3. The molecule has 72 valence electrons. The number of hydrogen-bond acceptors (Lipinski definition) is 2. The van der Waals surface area contributed by atoms with Gasteiger partial charge in [-0.25, -0.2) is 4.98 Å². The Kier molecular flexibility index (Phi) is 3.72. The minimum absolute atomic E-state index is 0.991. The molecule has 1 rings (SSSR count). The fraction of sp³-hybridized carbons (Fsp3) is 0.500. The summed E-state index contributed by atoms with van der Waals surface area (Å²) in [6.45, 7) is 8.30. The normalized spacial score (nSPS) is 10.2. The van der Waals surface area contributed by atoms with Crippen molar-refractivity contribution in [2.75, 3.05) is 18.0 Å². The van der Waals surface area contributed by atoms with E-state index in [1.807, 2.05) is 13.1 Å². The average Bonchev–Trinajstić information content (AvgIpc) is 2.10. The highest BCUT2D eigenvalue weighted by Crippen LogP contribution is 2.23. The first-order valence-corrected chi connectivity index (χ1v) is 5.35. The van der Waals surface area contributed by atoms with E-state index in [2.05, 4.69) is 45.7 Å². The number of halogens is 1. The number of rotatable bonds is 3. The molecule has 0 aromatic carbocycles. The molecule has 13 heavy (non-hydrogen) atoms. The van der Waals surface area contributed by atoms with Crippen molar-refractivity contribution in [2.24, 2.45) is 0 Å². The lowest BCUT2D eigenvalue weighted by Gasteiger charge is -2.20. The van der Waals surface area contributed by atoms with E-state index >= 15 is 0 Å². The molecule has 0 fully saturated rings. The van der Waals surface area contributed by atoms with Crippen molar-refractivity contribution >= 4 is 21.7 Å². The third-order valence-corrected chi connectivity index (χ3v) is 2.61. The minimum Gasteiger partial charge on any atom is -0.356 e. The summed E-state index contributed by atoms with van der Waals surface area (Å²) in [6, 6.07) is 2.10. The molecule has 0 saturated heterocycles. The van der Waals surface area contributed by atoms with Crippen LogP contribution < -0.4 is 4.90 Å². The van der Waals surface area contributed by atoms with Gasteiger partial charge in [-0.05, 0) is 48.3 Å². The molecule has 0 radical (unpaired) electrons. The molecule has 0 atom stereocenters. The SMILES string of the molecule is CCN(CC)c1ncc(C)cc1Br. The Bertz CT molecular complexity index is 282. The zero-order valence-corrected chi connectivity index (χ0v) is 9.93. The molecule has 3 heteroatoms. The first-order valence-electron chi connectivity index (χ1n) is 4.56. The van der Waals surface area contributed by atoms with Gasteiger partial charge in [-0.15, -0.1) is 0 Å². The third-order valence-electron chi connectivity index (χ3n) is 2.02. The van der Waals surface area contributed by atoms with Gasteiger partial charge < -0.3 is 4.90 Å². The molecule has 0 amide bonds. The predicted octanol–water partition coefficient (Wildman–Crippen LogP) is 3.00. The molecule has 0 saturated carbocycles. The highest BCUT2D eigenvalue weighted by Gasteiger charge is 2.07. The van der Waals surface area contributed by atoms with Gasteiger partial charge in [0.15, 0.2) is 0 Å². The van der Waals surface area contributed by atoms with Crippen LogP contribution in [0.1, 0.15) is 19.4 Å². The maximum atomic E-state index is 4.40. The van der Waals surface area contributed by atoms with Crippen LogP contribution in [-0.4, -0.2) is 18.1 Å². The van der Waals surface area contributed by atoms with Crippen LogP contribution in [0, 0.1) is 6.92 Å². The lowest BCUT2D eigenvalue weighted by atomic mass is 10.3. The molecule has 0 aliphatic carbocycles. The van der Waals surface area contributed by atoms with Crippen LogP contribution in [0.2, 0.25) is 0 Å². The summed E-state index contributed by atoms with van der Waals surface area (Å²) in [6.07, 6.45) is 1.90. The largest absolute Gasteiger partial charge is 0.356 e. The first kappa shape index (κ1) is 10.5. The van der Waals surface area contributed by atoms with Crippen molar-refractivity contribution in [1.29, 1.82) is 0 Å². The summed E-state index contributed by atoms with van der Waals surface area (Å²) in [5, 5.41) is 0. The molecule has 0 bridgehead atoms. The highest BCUT2D eigenvalue weighted by atomic mass is 79.9. The molecule has 0 spiro atoms. The van der Waals surface area contributed by atoms with Gasteiger partial charge in [-0.3, -0.25) is 0 Å². The maximum Gasteiger partial charge on any atom is 0.142 e. The van der Waals surface area contributed by atoms with Crippen molar-refractivity contribution in [3.05, 3.63) is 22.3 Å². The van der Waals surface area contributed by atoms with E-state index in [4.69, 9.17) is 0 Å². The fourth-order valence-corrected chi connectivity index (χ4v) is 2.00. The Labute approximate surface area is 88.1 Å². The van der Waals surface area contributed by atoms with E-state index in [-0.39, 0.29) is 0 Å². The van der Waals surface area contributed by atoms with Crippen LogP contribution in [0.25, 0.3) is 0 Å². The lowest BCUT2D eigenvalue weighted by molar-refractivity contribution is 0.842. The molecule has 1 aromatic rings. The van der Waals surface area contributed by atoms with Gasteiger partial charge in [0.2, 0.25) is 0 Å². The molecule has 0 aliphatic rings. The van der Waals surface area contributed by atoms with Crippen LogP contribution in [-0.2, 0) is 0 Å². The summed E-state index contributed by atoms with van der Waals surface area (Å²) in [7, 11) is 0. The Hall–Kier alpha value is -0.570. The topological polar surface area (TPSA) is 16.1 Å². The van der Waals surface area contributed by atoms with E-state index < -0.39 is 0 Å². The fourth-order valence-electron chi connectivity index (χ4n) is 1.28. The van der Waals surface area contributed by atoms with Crippen molar-refractivity contribution < 1.29 is 0 Å². The van der Waals surface area contributed by atoms with E-state index in [0.29, 0.717) is 0 Å². The number of pyridine rings is 1. The summed E-state index contributed by atoms with van der Waals surface area (Å²) >= 11 is 3.53. The summed E-state index contributed by atoms with van der Waals surface area (Å²) in [4.78, 5) is 6.62. The van der Waals surface area contributed by atoms with E-state index in [1.165, 1.54) is 5.56 Å². The smallest absolute Gasteiger partial charge is 0.142 e. The van der Waals surface area contributed by atoms with Crippen LogP contribution >= 0.6 is 15.9 Å². The number of nitrogens with zero attached hydrogens (tertiary/aromatic N) is 2. The summed E-state index contributed by atoms with van der Waals surface area (Å²) in [5.41, 5.74) is 1.18. The van der Waals surface area contributed by atoms with Crippen molar-refractivity contribution in [3.63, 3.8) is 0 Å². The second-order valence-corrected chi connectivity index (χ2v) is 3.84. The van der Waals surface area contributed by atoms with Gasteiger partial charge in [0.05, 0.1) is 4.47 Å². The van der Waals surface area contributed by atoms with Gasteiger partial charge in [-0.2, -0.15) is 0 Å². The molecule has 2 nitrogen and oxygen atoms in total. The molecule has 1 heterocycles. The molecule has 0 aliphatic heterocycles. The zero-order chi connectivity index (χ0) is 9.84. The number of aromatic nitrogens is 1. The average molecular weight is 243 g/mol. The zero-order valence-electron chi connectivity index (χ0n) is 8.34. The van der Waals surface area contributed by atoms with Crippen molar-refractivity contribution in [2.45, 2.75) is 20.8 Å². The van der Waals surface area contributed by atoms with E-state index in [1.54, 1.807) is 0 Å². The Morgan fingerprint density at radius 3 is 2.46 bits per heavy atom.